The van der Waals surface area contributed by atoms with Crippen LogP contribution in [0.4, 0.5) is 0 Å². The molecule has 5 heteroatoms. The zero-order chi connectivity index (χ0) is 10.7. The molecule has 0 amide bonds. The lowest BCUT2D eigenvalue weighted by molar-refractivity contribution is 0.296. The number of nitrogens with zero attached hydrogens (tertiary/aromatic N) is 1. The molecule has 1 aromatic heterocycles. The molecule has 3 nitrogen and oxygen atoms in total. The molecule has 1 heterocycles. The molecule has 2 rings (SSSR count). The van der Waals surface area contributed by atoms with E-state index in [2.05, 4.69) is 11.9 Å². The van der Waals surface area contributed by atoms with Crippen molar-refractivity contribution in [2.45, 2.75) is 31.7 Å². The Morgan fingerprint density at radius 1 is 1.53 bits per heavy atom. The molecule has 1 aromatic rings. The van der Waals surface area contributed by atoms with E-state index >= 15 is 0 Å². The van der Waals surface area contributed by atoms with Crippen LogP contribution in [0.25, 0.3) is 0 Å². The van der Waals surface area contributed by atoms with Crippen LogP contribution in [0.2, 0.25) is 0 Å². The Labute approximate surface area is 115 Å². The Hall–Kier alpha value is -0.510. The molecule has 1 aliphatic carbocycles. The third-order valence-electron chi connectivity index (χ3n) is 3.20. The molecule has 2 unspecified atom stereocenters. The predicted octanol–water partition coefficient (Wildman–Crippen LogP) is 2.82. The zero-order valence-electron chi connectivity index (χ0n) is 9.96. The molecule has 98 valence electrons. The highest BCUT2D eigenvalue weighted by Crippen LogP contribution is 2.43. The van der Waals surface area contributed by atoms with Crippen molar-refractivity contribution < 1.29 is 4.74 Å². The Morgan fingerprint density at radius 3 is 2.76 bits per heavy atom. The first-order valence-electron chi connectivity index (χ1n) is 5.52. The van der Waals surface area contributed by atoms with Crippen LogP contribution in [0.15, 0.2) is 24.5 Å². The molecule has 0 saturated heterocycles. The molecule has 2 N–H and O–H groups in total. The predicted molar refractivity (Wildman–Crippen MR) is 74.2 cm³/mol. The lowest BCUT2D eigenvalue weighted by atomic mass is 10.1. The third-order valence-corrected chi connectivity index (χ3v) is 3.20. The maximum Gasteiger partial charge on any atom is 0.137 e. The molecular weight excluding hydrogens is 259 g/mol. The quantitative estimate of drug-likeness (QED) is 0.843. The van der Waals surface area contributed by atoms with Gasteiger partial charge in [0.2, 0.25) is 0 Å². The molecule has 0 radical (unpaired) electrons. The maximum atomic E-state index is 6.10. The van der Waals surface area contributed by atoms with Gasteiger partial charge in [0, 0.05) is 11.7 Å². The summed E-state index contributed by atoms with van der Waals surface area (Å²) in [5.41, 5.74) is 6.21. The number of halogens is 2. The number of hydrogen-bond acceptors (Lipinski definition) is 3. The second-order valence-electron chi connectivity index (χ2n) is 4.48. The molecule has 0 spiro atoms. The van der Waals surface area contributed by atoms with Crippen molar-refractivity contribution in [3.8, 4) is 5.75 Å². The molecule has 1 fully saturated rings. The van der Waals surface area contributed by atoms with Gasteiger partial charge in [-0.1, -0.05) is 6.92 Å². The lowest BCUT2D eigenvalue weighted by Gasteiger charge is -2.10. The number of ether oxygens (including phenoxy) is 1. The number of hydrogen-bond donors (Lipinski definition) is 1. The highest BCUT2D eigenvalue weighted by Gasteiger charge is 2.46. The van der Waals surface area contributed by atoms with Crippen molar-refractivity contribution in [2.75, 3.05) is 6.61 Å². The van der Waals surface area contributed by atoms with Gasteiger partial charge in [-0.3, -0.25) is 4.98 Å². The minimum absolute atomic E-state index is 0. The lowest BCUT2D eigenvalue weighted by Crippen LogP contribution is -2.24. The zero-order valence-corrected chi connectivity index (χ0v) is 11.6. The summed E-state index contributed by atoms with van der Waals surface area (Å²) in [7, 11) is 0. The Morgan fingerprint density at radius 2 is 2.24 bits per heavy atom. The van der Waals surface area contributed by atoms with Crippen molar-refractivity contribution in [3.63, 3.8) is 0 Å². The van der Waals surface area contributed by atoms with Gasteiger partial charge in [0.05, 0.1) is 12.8 Å². The van der Waals surface area contributed by atoms with Gasteiger partial charge in [0.1, 0.15) is 5.75 Å². The second kappa shape index (κ2) is 7.04. The van der Waals surface area contributed by atoms with Crippen LogP contribution in [-0.4, -0.2) is 17.1 Å². The third kappa shape index (κ3) is 4.70. The second-order valence-corrected chi connectivity index (χ2v) is 4.48. The normalized spacial score (nSPS) is 25.4. The fourth-order valence-electron chi connectivity index (χ4n) is 1.88. The first-order chi connectivity index (χ1) is 7.21. The smallest absolute Gasteiger partial charge is 0.137 e. The SMILES string of the molecule is CC1CC1(N)CCCOc1cccnc1.Cl.Cl. The van der Waals surface area contributed by atoms with E-state index in [0.717, 1.165) is 25.2 Å². The highest BCUT2D eigenvalue weighted by molar-refractivity contribution is 5.85. The summed E-state index contributed by atoms with van der Waals surface area (Å²) in [5.74, 6) is 1.53. The summed E-state index contributed by atoms with van der Waals surface area (Å²) < 4.78 is 5.55. The van der Waals surface area contributed by atoms with Crippen molar-refractivity contribution in [1.29, 1.82) is 0 Å². The number of nitrogens with two attached hydrogens (primary N) is 1. The molecule has 0 bridgehead atoms. The van der Waals surface area contributed by atoms with E-state index in [9.17, 15) is 0 Å². The summed E-state index contributed by atoms with van der Waals surface area (Å²) >= 11 is 0. The highest BCUT2D eigenvalue weighted by atomic mass is 35.5. The largest absolute Gasteiger partial charge is 0.492 e. The van der Waals surface area contributed by atoms with E-state index < -0.39 is 0 Å². The van der Waals surface area contributed by atoms with Crippen LogP contribution in [0.5, 0.6) is 5.75 Å². The van der Waals surface area contributed by atoms with Gasteiger partial charge >= 0.3 is 0 Å². The maximum absolute atomic E-state index is 6.10. The van der Waals surface area contributed by atoms with Crippen LogP contribution in [0.3, 0.4) is 0 Å². The van der Waals surface area contributed by atoms with Crippen LogP contribution in [0, 0.1) is 5.92 Å². The van der Waals surface area contributed by atoms with Crippen LogP contribution < -0.4 is 10.5 Å². The van der Waals surface area contributed by atoms with Gasteiger partial charge in [-0.15, -0.1) is 24.8 Å². The summed E-state index contributed by atoms with van der Waals surface area (Å²) in [6.45, 7) is 2.94. The number of pyridine rings is 1. The van der Waals surface area contributed by atoms with E-state index in [1.54, 1.807) is 12.4 Å². The Balaban J connectivity index is 0.00000128. The summed E-state index contributed by atoms with van der Waals surface area (Å²) in [4.78, 5) is 3.99. The van der Waals surface area contributed by atoms with E-state index in [1.165, 1.54) is 6.42 Å². The Bertz CT molecular complexity index is 324. The monoisotopic (exact) mass is 278 g/mol. The summed E-state index contributed by atoms with van der Waals surface area (Å²) in [5, 5.41) is 0. The number of aromatic nitrogens is 1. The van der Waals surface area contributed by atoms with Gasteiger partial charge in [-0.2, -0.15) is 0 Å². The van der Waals surface area contributed by atoms with Gasteiger partial charge < -0.3 is 10.5 Å². The van der Waals surface area contributed by atoms with Crippen LogP contribution in [-0.2, 0) is 0 Å². The van der Waals surface area contributed by atoms with E-state index in [-0.39, 0.29) is 30.4 Å². The average Bonchev–Trinajstić information content (AvgIpc) is 2.84. The molecule has 0 aromatic carbocycles. The van der Waals surface area contributed by atoms with Gasteiger partial charge in [0.15, 0.2) is 0 Å². The molecule has 0 aliphatic heterocycles. The molecule has 1 aliphatic rings. The van der Waals surface area contributed by atoms with Crippen LogP contribution in [0.1, 0.15) is 26.2 Å². The molecular formula is C12H20Cl2N2O. The Kier molecular flexibility index (Phi) is 6.83. The number of rotatable bonds is 5. The summed E-state index contributed by atoms with van der Waals surface area (Å²) in [6.07, 6.45) is 6.73. The van der Waals surface area contributed by atoms with Crippen LogP contribution >= 0.6 is 24.8 Å². The first-order valence-corrected chi connectivity index (χ1v) is 5.52. The fraction of sp³-hybridized carbons (Fsp3) is 0.583. The fourth-order valence-corrected chi connectivity index (χ4v) is 1.88. The van der Waals surface area contributed by atoms with Crippen molar-refractivity contribution in [3.05, 3.63) is 24.5 Å². The van der Waals surface area contributed by atoms with Gasteiger partial charge in [0.25, 0.3) is 0 Å². The summed E-state index contributed by atoms with van der Waals surface area (Å²) in [6, 6.07) is 3.80. The van der Waals surface area contributed by atoms with Crippen molar-refractivity contribution in [2.24, 2.45) is 11.7 Å². The standard InChI is InChI=1S/C12H18N2O.2ClH/c1-10-8-12(10,13)5-3-7-15-11-4-2-6-14-9-11;;/h2,4,6,9-10H,3,5,7-8,13H2,1H3;2*1H. The van der Waals surface area contributed by atoms with Crippen molar-refractivity contribution >= 4 is 24.8 Å². The van der Waals surface area contributed by atoms with Gasteiger partial charge in [-0.25, -0.2) is 0 Å². The molecule has 1 saturated carbocycles. The van der Waals surface area contributed by atoms with E-state index in [4.69, 9.17) is 10.5 Å². The average molecular weight is 279 g/mol. The molecule has 17 heavy (non-hydrogen) atoms. The topological polar surface area (TPSA) is 48.1 Å². The molecule has 2 atom stereocenters. The first kappa shape index (κ1) is 16.5. The van der Waals surface area contributed by atoms with Gasteiger partial charge in [-0.05, 0) is 37.3 Å². The van der Waals surface area contributed by atoms with E-state index in [1.807, 2.05) is 12.1 Å². The minimum Gasteiger partial charge on any atom is -0.492 e. The minimum atomic E-state index is 0. The van der Waals surface area contributed by atoms with Crippen molar-refractivity contribution in [1.82, 2.24) is 4.98 Å². The van der Waals surface area contributed by atoms with E-state index in [0.29, 0.717) is 5.92 Å².